The summed E-state index contributed by atoms with van der Waals surface area (Å²) in [6, 6.07) is 6.55. The quantitative estimate of drug-likeness (QED) is 0.535. The van der Waals surface area contributed by atoms with Gasteiger partial charge in [-0.15, -0.1) is 0 Å². The van der Waals surface area contributed by atoms with E-state index < -0.39 is 0 Å². The first-order chi connectivity index (χ1) is 7.83. The highest BCUT2D eigenvalue weighted by Crippen LogP contribution is 2.26. The van der Waals surface area contributed by atoms with Gasteiger partial charge in [0.2, 0.25) is 0 Å². The predicted octanol–water partition coefficient (Wildman–Crippen LogP) is 1.08. The number of anilines is 1. The van der Waals surface area contributed by atoms with E-state index in [-0.39, 0.29) is 0 Å². The summed E-state index contributed by atoms with van der Waals surface area (Å²) >= 11 is 0. The van der Waals surface area contributed by atoms with Crippen molar-refractivity contribution < 1.29 is 0 Å². The largest absolute Gasteiger partial charge is 0.377 e. The van der Waals surface area contributed by atoms with E-state index in [0.29, 0.717) is 6.04 Å². The lowest BCUT2D eigenvalue weighted by molar-refractivity contribution is 0.630. The van der Waals surface area contributed by atoms with Crippen LogP contribution in [-0.2, 0) is 6.54 Å². The van der Waals surface area contributed by atoms with Gasteiger partial charge in [-0.3, -0.25) is 0 Å². The van der Waals surface area contributed by atoms with E-state index in [2.05, 4.69) is 22.8 Å². The fourth-order valence-electron chi connectivity index (χ4n) is 2.34. The molecular weight excluding hydrogens is 195 g/mol. The molecule has 1 aliphatic heterocycles. The molecule has 2 N–H and O–H groups in total. The van der Waals surface area contributed by atoms with E-state index in [1.165, 1.54) is 29.7 Å². The van der Waals surface area contributed by atoms with Gasteiger partial charge in [0.15, 0.2) is 0 Å². The number of benzene rings is 1. The van der Waals surface area contributed by atoms with Gasteiger partial charge in [0.1, 0.15) is 7.85 Å². The Bertz CT molecular complexity index is 440. The second kappa shape index (κ2) is 3.98. The van der Waals surface area contributed by atoms with E-state index >= 15 is 0 Å². The van der Waals surface area contributed by atoms with Crippen LogP contribution in [0.4, 0.5) is 5.69 Å². The molecule has 0 amide bonds. The molecule has 3 heteroatoms. The maximum absolute atomic E-state index is 5.80. The Kier molecular flexibility index (Phi) is 2.48. The summed E-state index contributed by atoms with van der Waals surface area (Å²) in [6.45, 7) is 1.90. The smallest absolute Gasteiger partial charge is 0.113 e. The molecule has 16 heavy (non-hydrogen) atoms. The van der Waals surface area contributed by atoms with Crippen molar-refractivity contribution in [2.24, 2.45) is 0 Å². The third-order valence-corrected chi connectivity index (χ3v) is 3.41. The molecule has 80 valence electrons. The van der Waals surface area contributed by atoms with E-state index in [0.717, 1.165) is 18.6 Å². The molecule has 2 aliphatic rings. The van der Waals surface area contributed by atoms with E-state index in [4.69, 9.17) is 7.85 Å². The Balaban J connectivity index is 1.88. The number of hydrogen-bond donors (Lipinski definition) is 2. The zero-order chi connectivity index (χ0) is 11.0. The Morgan fingerprint density at radius 3 is 2.94 bits per heavy atom. The van der Waals surface area contributed by atoms with Crippen molar-refractivity contribution in [1.29, 1.82) is 0 Å². The minimum Gasteiger partial charge on any atom is -0.377 e. The molecule has 1 aromatic rings. The van der Waals surface area contributed by atoms with Crippen LogP contribution in [0.3, 0.4) is 0 Å². The lowest BCUT2D eigenvalue weighted by atomic mass is 9.91. The first-order valence-electron chi connectivity index (χ1n) is 5.87. The average molecular weight is 210 g/mol. The summed E-state index contributed by atoms with van der Waals surface area (Å²) in [5.74, 6) is 0. The number of allylic oxidation sites excluding steroid dienone is 1. The van der Waals surface area contributed by atoms with Gasteiger partial charge in [-0.1, -0.05) is 29.2 Å². The van der Waals surface area contributed by atoms with Crippen LogP contribution in [0, 0.1) is 0 Å². The van der Waals surface area contributed by atoms with Gasteiger partial charge in [-0.05, 0) is 24.5 Å². The predicted molar refractivity (Wildman–Crippen MR) is 68.3 cm³/mol. The first-order valence-corrected chi connectivity index (χ1v) is 5.87. The standard InChI is InChI=1S/C13H15BN2/c14-11-4-5-12-10(6-11)7-15-8-13(16-12)9-2-1-3-9/h2,4-6,13,15-16H,1,3,7-8H2. The van der Waals surface area contributed by atoms with Crippen molar-refractivity contribution in [2.45, 2.75) is 25.4 Å². The summed E-state index contributed by atoms with van der Waals surface area (Å²) in [6.07, 6.45) is 4.81. The molecule has 3 rings (SSSR count). The van der Waals surface area contributed by atoms with Crippen molar-refractivity contribution in [1.82, 2.24) is 5.32 Å². The van der Waals surface area contributed by atoms with Crippen molar-refractivity contribution in [3.63, 3.8) is 0 Å². The highest BCUT2D eigenvalue weighted by Gasteiger charge is 2.21. The lowest BCUT2D eigenvalue weighted by Crippen LogP contribution is -2.33. The van der Waals surface area contributed by atoms with Crippen LogP contribution in [0.1, 0.15) is 18.4 Å². The molecule has 0 fully saturated rings. The van der Waals surface area contributed by atoms with Gasteiger partial charge in [0.25, 0.3) is 0 Å². The maximum atomic E-state index is 5.80. The molecule has 1 heterocycles. The van der Waals surface area contributed by atoms with Gasteiger partial charge in [-0.2, -0.15) is 0 Å². The summed E-state index contributed by atoms with van der Waals surface area (Å²) in [5.41, 5.74) is 4.86. The summed E-state index contributed by atoms with van der Waals surface area (Å²) < 4.78 is 0. The van der Waals surface area contributed by atoms with Gasteiger partial charge >= 0.3 is 0 Å². The van der Waals surface area contributed by atoms with Crippen molar-refractivity contribution >= 4 is 19.0 Å². The Morgan fingerprint density at radius 1 is 1.31 bits per heavy atom. The molecule has 0 saturated carbocycles. The molecule has 1 aromatic carbocycles. The molecule has 1 aliphatic carbocycles. The van der Waals surface area contributed by atoms with Crippen molar-refractivity contribution in [2.75, 3.05) is 11.9 Å². The molecular formula is C13H15BN2. The van der Waals surface area contributed by atoms with Crippen molar-refractivity contribution in [3.05, 3.63) is 35.4 Å². The lowest BCUT2D eigenvalue weighted by Gasteiger charge is -2.25. The second-order valence-electron chi connectivity index (χ2n) is 4.56. The van der Waals surface area contributed by atoms with Crippen LogP contribution in [0.5, 0.6) is 0 Å². The third-order valence-electron chi connectivity index (χ3n) is 3.41. The van der Waals surface area contributed by atoms with Crippen LogP contribution in [0.2, 0.25) is 0 Å². The maximum Gasteiger partial charge on any atom is 0.113 e. The van der Waals surface area contributed by atoms with Crippen LogP contribution in [-0.4, -0.2) is 20.4 Å². The minimum absolute atomic E-state index is 0.457. The topological polar surface area (TPSA) is 24.1 Å². The molecule has 0 aromatic heterocycles. The summed E-state index contributed by atoms with van der Waals surface area (Å²) in [5, 5.41) is 7.07. The fourth-order valence-corrected chi connectivity index (χ4v) is 2.34. The normalized spacial score (nSPS) is 23.5. The molecule has 2 radical (unpaired) electrons. The Morgan fingerprint density at radius 2 is 2.19 bits per heavy atom. The molecule has 0 saturated heterocycles. The monoisotopic (exact) mass is 210 g/mol. The summed E-state index contributed by atoms with van der Waals surface area (Å²) in [7, 11) is 5.80. The van der Waals surface area contributed by atoms with Crippen LogP contribution in [0.15, 0.2) is 29.8 Å². The van der Waals surface area contributed by atoms with Crippen LogP contribution in [0.25, 0.3) is 0 Å². The van der Waals surface area contributed by atoms with Gasteiger partial charge in [0.05, 0.1) is 6.04 Å². The molecule has 1 unspecified atom stereocenters. The molecule has 0 bridgehead atoms. The van der Waals surface area contributed by atoms with Gasteiger partial charge < -0.3 is 10.6 Å². The summed E-state index contributed by atoms with van der Waals surface area (Å²) in [4.78, 5) is 0. The van der Waals surface area contributed by atoms with Gasteiger partial charge in [-0.25, -0.2) is 0 Å². The number of fused-ring (bicyclic) bond motifs is 1. The Labute approximate surface area is 97.5 Å². The number of nitrogens with one attached hydrogen (secondary N) is 2. The number of hydrogen-bond acceptors (Lipinski definition) is 2. The molecule has 1 atom stereocenters. The molecule has 2 nitrogen and oxygen atoms in total. The fraction of sp³-hybridized carbons (Fsp3) is 0.385. The van der Waals surface area contributed by atoms with Crippen molar-refractivity contribution in [3.8, 4) is 0 Å². The second-order valence-corrected chi connectivity index (χ2v) is 4.56. The van der Waals surface area contributed by atoms with Crippen LogP contribution >= 0.6 is 0 Å². The highest BCUT2D eigenvalue weighted by molar-refractivity contribution is 6.32. The van der Waals surface area contributed by atoms with Gasteiger partial charge in [0, 0.05) is 18.8 Å². The van der Waals surface area contributed by atoms with Crippen LogP contribution < -0.4 is 16.1 Å². The minimum atomic E-state index is 0.457. The first kappa shape index (κ1) is 9.97. The van der Waals surface area contributed by atoms with E-state index in [9.17, 15) is 0 Å². The SMILES string of the molecule is [B]c1ccc2c(c1)CNCC(C1=CCC1)N2. The van der Waals surface area contributed by atoms with E-state index in [1.54, 1.807) is 0 Å². The number of rotatable bonds is 1. The average Bonchev–Trinajstić information content (AvgIpc) is 2.37. The third kappa shape index (κ3) is 1.76. The zero-order valence-corrected chi connectivity index (χ0v) is 9.29. The highest BCUT2D eigenvalue weighted by atomic mass is 15.0. The van der Waals surface area contributed by atoms with E-state index in [1.807, 2.05) is 12.1 Å². The zero-order valence-electron chi connectivity index (χ0n) is 9.29. The Hall–Kier alpha value is -1.22. The molecule has 0 spiro atoms.